The minimum atomic E-state index is 0.233. The zero-order valence-corrected chi connectivity index (χ0v) is 9.17. The van der Waals surface area contributed by atoms with E-state index in [9.17, 15) is 0 Å². The molecule has 1 aromatic heterocycles. The summed E-state index contributed by atoms with van der Waals surface area (Å²) in [5.41, 5.74) is 2.27. The van der Waals surface area contributed by atoms with E-state index >= 15 is 0 Å². The molecule has 1 rings (SSSR count). The lowest BCUT2D eigenvalue weighted by Gasteiger charge is -2.14. The Morgan fingerprint density at radius 1 is 1.25 bits per heavy atom. The van der Waals surface area contributed by atoms with Crippen LogP contribution in [0.3, 0.4) is 0 Å². The van der Waals surface area contributed by atoms with Crippen molar-refractivity contribution < 1.29 is 0 Å². The number of nitrogens with one attached hydrogen (secondary N) is 1. The van der Waals surface area contributed by atoms with Crippen LogP contribution in [0.1, 0.15) is 32.2 Å². The maximum Gasteiger partial charge on any atom is 0.166 e. The van der Waals surface area contributed by atoms with E-state index in [4.69, 9.17) is 0 Å². The topological polar surface area (TPSA) is 28.7 Å². The van der Waals surface area contributed by atoms with Crippen LogP contribution in [0.4, 0.5) is 0 Å². The zero-order valence-electron chi connectivity index (χ0n) is 8.36. The molecular formula is C9H16N2S. The molecule has 0 fully saturated rings. The van der Waals surface area contributed by atoms with Gasteiger partial charge in [-0.2, -0.15) is 0 Å². The Morgan fingerprint density at radius 2 is 1.83 bits per heavy atom. The van der Waals surface area contributed by atoms with Gasteiger partial charge in [0.15, 0.2) is 5.16 Å². The number of hydrogen-bond donors (Lipinski definition) is 1. The maximum absolute atomic E-state index is 4.40. The third-order valence-electron chi connectivity index (χ3n) is 1.51. The van der Waals surface area contributed by atoms with E-state index in [2.05, 4.69) is 37.7 Å². The first-order chi connectivity index (χ1) is 5.38. The van der Waals surface area contributed by atoms with Gasteiger partial charge in [-0.3, -0.25) is 0 Å². The Hall–Kier alpha value is -0.440. The molecule has 1 N–H and O–H groups in total. The zero-order chi connectivity index (χ0) is 9.35. The second kappa shape index (κ2) is 3.13. The molecule has 68 valence electrons. The lowest BCUT2D eigenvalue weighted by molar-refractivity contribution is 0.795. The number of nitrogens with zero attached hydrogens (tertiary/aromatic N) is 1. The Kier molecular flexibility index (Phi) is 2.52. The van der Waals surface area contributed by atoms with E-state index in [1.54, 1.807) is 11.8 Å². The van der Waals surface area contributed by atoms with Crippen LogP contribution in [0.15, 0.2) is 5.16 Å². The van der Waals surface area contributed by atoms with Gasteiger partial charge in [-0.1, -0.05) is 32.5 Å². The minimum Gasteiger partial charge on any atom is -0.337 e. The van der Waals surface area contributed by atoms with Crippen LogP contribution < -0.4 is 0 Å². The Morgan fingerprint density at radius 3 is 2.17 bits per heavy atom. The third-order valence-corrected chi connectivity index (χ3v) is 2.51. The van der Waals surface area contributed by atoms with Gasteiger partial charge in [0.2, 0.25) is 0 Å². The van der Waals surface area contributed by atoms with Crippen molar-refractivity contribution in [1.82, 2.24) is 9.97 Å². The first-order valence-corrected chi connectivity index (χ1v) is 4.92. The van der Waals surface area contributed by atoms with Crippen LogP contribution in [0, 0.1) is 13.8 Å². The summed E-state index contributed by atoms with van der Waals surface area (Å²) in [6.07, 6.45) is 0. The van der Waals surface area contributed by atoms with Gasteiger partial charge in [0, 0.05) is 10.4 Å². The van der Waals surface area contributed by atoms with Gasteiger partial charge in [0.05, 0.1) is 5.69 Å². The summed E-state index contributed by atoms with van der Waals surface area (Å²) in [4.78, 5) is 7.66. The highest BCUT2D eigenvalue weighted by Gasteiger charge is 2.14. The van der Waals surface area contributed by atoms with Gasteiger partial charge in [-0.25, -0.2) is 4.98 Å². The Bertz CT molecular complexity index is 251. The molecule has 1 heterocycles. The summed E-state index contributed by atoms with van der Waals surface area (Å²) in [5, 5.41) is 1.03. The minimum absolute atomic E-state index is 0.233. The number of rotatable bonds is 1. The van der Waals surface area contributed by atoms with Crippen molar-refractivity contribution >= 4 is 11.8 Å². The monoisotopic (exact) mass is 184 g/mol. The first kappa shape index (κ1) is 9.65. The van der Waals surface area contributed by atoms with E-state index in [1.165, 1.54) is 5.69 Å². The molecule has 0 aromatic carbocycles. The molecule has 0 unspecified atom stereocenters. The van der Waals surface area contributed by atoms with Crippen molar-refractivity contribution in [2.75, 3.05) is 0 Å². The summed E-state index contributed by atoms with van der Waals surface area (Å²) in [7, 11) is 0. The van der Waals surface area contributed by atoms with E-state index in [-0.39, 0.29) is 4.75 Å². The molecule has 0 amide bonds. The molecule has 0 saturated heterocycles. The van der Waals surface area contributed by atoms with E-state index in [0.29, 0.717) is 0 Å². The summed E-state index contributed by atoms with van der Waals surface area (Å²) in [6, 6.07) is 0. The van der Waals surface area contributed by atoms with Crippen LogP contribution in [0.2, 0.25) is 0 Å². The van der Waals surface area contributed by atoms with Crippen LogP contribution in [-0.2, 0) is 0 Å². The van der Waals surface area contributed by atoms with Gasteiger partial charge in [0.1, 0.15) is 0 Å². The SMILES string of the molecule is Cc1nc(SC(C)(C)C)[nH]c1C. The molecule has 0 aliphatic carbocycles. The average molecular weight is 184 g/mol. The largest absolute Gasteiger partial charge is 0.337 e. The van der Waals surface area contributed by atoms with Gasteiger partial charge in [-0.05, 0) is 13.8 Å². The normalized spacial score (nSPS) is 12.1. The summed E-state index contributed by atoms with van der Waals surface area (Å²) >= 11 is 1.77. The molecule has 0 radical (unpaired) electrons. The van der Waals surface area contributed by atoms with Crippen LogP contribution in [0.5, 0.6) is 0 Å². The van der Waals surface area contributed by atoms with Crippen molar-refractivity contribution in [3.63, 3.8) is 0 Å². The van der Waals surface area contributed by atoms with E-state index in [0.717, 1.165) is 10.9 Å². The molecule has 0 spiro atoms. The Balaban J connectivity index is 2.77. The molecule has 0 bridgehead atoms. The molecular weight excluding hydrogens is 168 g/mol. The number of thioether (sulfide) groups is 1. The number of H-pyrrole nitrogens is 1. The highest BCUT2D eigenvalue weighted by Crippen LogP contribution is 2.29. The highest BCUT2D eigenvalue weighted by atomic mass is 32.2. The predicted octanol–water partition coefficient (Wildman–Crippen LogP) is 2.92. The van der Waals surface area contributed by atoms with Gasteiger partial charge in [-0.15, -0.1) is 0 Å². The standard InChI is InChI=1S/C9H16N2S/c1-6-7(2)11-8(10-6)12-9(3,4)5/h1-5H3,(H,10,11). The van der Waals surface area contributed by atoms with Crippen molar-refractivity contribution in [3.8, 4) is 0 Å². The number of hydrogen-bond acceptors (Lipinski definition) is 2. The lowest BCUT2D eigenvalue weighted by Crippen LogP contribution is -2.07. The summed E-state index contributed by atoms with van der Waals surface area (Å²) in [6.45, 7) is 10.6. The highest BCUT2D eigenvalue weighted by molar-refractivity contribution is 8.00. The van der Waals surface area contributed by atoms with Gasteiger partial charge in [0.25, 0.3) is 0 Å². The van der Waals surface area contributed by atoms with Crippen molar-refractivity contribution in [3.05, 3.63) is 11.4 Å². The lowest BCUT2D eigenvalue weighted by atomic mass is 10.3. The average Bonchev–Trinajstić information content (AvgIpc) is 2.07. The molecule has 0 saturated carbocycles. The first-order valence-electron chi connectivity index (χ1n) is 4.11. The number of aromatic amines is 1. The molecule has 2 nitrogen and oxygen atoms in total. The third kappa shape index (κ3) is 2.55. The van der Waals surface area contributed by atoms with Crippen LogP contribution in [-0.4, -0.2) is 14.7 Å². The predicted molar refractivity (Wildman–Crippen MR) is 53.7 cm³/mol. The van der Waals surface area contributed by atoms with Crippen molar-refractivity contribution in [2.45, 2.75) is 44.5 Å². The molecule has 1 aromatic rings. The fraction of sp³-hybridized carbons (Fsp3) is 0.667. The van der Waals surface area contributed by atoms with Crippen LogP contribution >= 0.6 is 11.8 Å². The number of aryl methyl sites for hydroxylation is 2. The second-order valence-corrected chi connectivity index (χ2v) is 5.78. The number of aromatic nitrogens is 2. The van der Waals surface area contributed by atoms with Crippen molar-refractivity contribution in [1.29, 1.82) is 0 Å². The van der Waals surface area contributed by atoms with E-state index in [1.807, 2.05) is 6.92 Å². The fourth-order valence-electron chi connectivity index (χ4n) is 0.853. The van der Waals surface area contributed by atoms with Gasteiger partial charge >= 0.3 is 0 Å². The second-order valence-electron chi connectivity index (χ2n) is 3.97. The van der Waals surface area contributed by atoms with Crippen LogP contribution in [0.25, 0.3) is 0 Å². The molecule has 0 aliphatic rings. The van der Waals surface area contributed by atoms with Crippen molar-refractivity contribution in [2.24, 2.45) is 0 Å². The Labute approximate surface area is 78.2 Å². The quantitative estimate of drug-likeness (QED) is 0.680. The smallest absolute Gasteiger partial charge is 0.166 e. The van der Waals surface area contributed by atoms with Gasteiger partial charge < -0.3 is 4.98 Å². The molecule has 0 aliphatic heterocycles. The maximum atomic E-state index is 4.40. The van der Waals surface area contributed by atoms with E-state index < -0.39 is 0 Å². The molecule has 12 heavy (non-hydrogen) atoms. The molecule has 3 heteroatoms. The molecule has 0 atom stereocenters. The number of imidazole rings is 1. The summed E-state index contributed by atoms with van der Waals surface area (Å²) in [5.74, 6) is 0. The summed E-state index contributed by atoms with van der Waals surface area (Å²) < 4.78 is 0.233. The fourth-order valence-corrected chi connectivity index (χ4v) is 1.82.